The maximum absolute atomic E-state index is 13.5. The molecule has 2 amide bonds. The standard InChI is InChI=1S/C16H12F2N2O4/c1-24-16(23)9-5-2-3-8-12(9)19-14(21)15(22)20-13-10(17)6-4-7-11(13)18/h2-8H,1H3,(H,19,21)(H,20,22). The summed E-state index contributed by atoms with van der Waals surface area (Å²) in [6, 6.07) is 8.81. The summed E-state index contributed by atoms with van der Waals surface area (Å²) >= 11 is 0. The zero-order chi connectivity index (χ0) is 17.7. The highest BCUT2D eigenvalue weighted by molar-refractivity contribution is 6.44. The predicted octanol–water partition coefficient (Wildman–Crippen LogP) is 2.33. The topological polar surface area (TPSA) is 84.5 Å². The van der Waals surface area contributed by atoms with Crippen molar-refractivity contribution in [3.05, 3.63) is 59.7 Å². The van der Waals surface area contributed by atoms with Crippen LogP contribution in [0.25, 0.3) is 0 Å². The lowest BCUT2D eigenvalue weighted by atomic mass is 10.2. The highest BCUT2D eigenvalue weighted by Gasteiger charge is 2.20. The van der Waals surface area contributed by atoms with Gasteiger partial charge in [0.15, 0.2) is 0 Å². The SMILES string of the molecule is COC(=O)c1ccccc1NC(=O)C(=O)Nc1c(F)cccc1F. The zero-order valence-electron chi connectivity index (χ0n) is 12.4. The number of rotatable bonds is 3. The number of methoxy groups -OCH3 is 1. The Balaban J connectivity index is 2.16. The highest BCUT2D eigenvalue weighted by atomic mass is 19.1. The van der Waals surface area contributed by atoms with Gasteiger partial charge in [-0.1, -0.05) is 18.2 Å². The van der Waals surface area contributed by atoms with Gasteiger partial charge in [0.05, 0.1) is 18.4 Å². The van der Waals surface area contributed by atoms with E-state index >= 15 is 0 Å². The van der Waals surface area contributed by atoms with Gasteiger partial charge < -0.3 is 15.4 Å². The number of carbonyl (C=O) groups is 3. The molecule has 0 aliphatic rings. The molecule has 0 saturated heterocycles. The quantitative estimate of drug-likeness (QED) is 0.666. The minimum atomic E-state index is -1.29. The smallest absolute Gasteiger partial charge is 0.339 e. The normalized spacial score (nSPS) is 9.96. The number of esters is 1. The van der Waals surface area contributed by atoms with E-state index in [1.54, 1.807) is 0 Å². The average Bonchev–Trinajstić information content (AvgIpc) is 2.57. The first-order valence-corrected chi connectivity index (χ1v) is 6.67. The molecule has 2 aromatic carbocycles. The van der Waals surface area contributed by atoms with Gasteiger partial charge in [0.2, 0.25) is 0 Å². The van der Waals surface area contributed by atoms with Crippen LogP contribution in [-0.2, 0) is 14.3 Å². The van der Waals surface area contributed by atoms with Crippen LogP contribution in [0.3, 0.4) is 0 Å². The van der Waals surface area contributed by atoms with Crippen LogP contribution in [0.2, 0.25) is 0 Å². The van der Waals surface area contributed by atoms with Crippen molar-refractivity contribution in [2.75, 3.05) is 17.7 Å². The molecule has 0 saturated carbocycles. The molecule has 0 aliphatic carbocycles. The maximum atomic E-state index is 13.5. The number of halogens is 2. The van der Waals surface area contributed by atoms with E-state index in [4.69, 9.17) is 0 Å². The van der Waals surface area contributed by atoms with Crippen molar-refractivity contribution in [2.24, 2.45) is 0 Å². The first kappa shape index (κ1) is 17.1. The van der Waals surface area contributed by atoms with Crippen molar-refractivity contribution in [3.63, 3.8) is 0 Å². The number of nitrogens with one attached hydrogen (secondary N) is 2. The van der Waals surface area contributed by atoms with Gasteiger partial charge in [-0.25, -0.2) is 13.6 Å². The summed E-state index contributed by atoms with van der Waals surface area (Å²) in [6.07, 6.45) is 0. The van der Waals surface area contributed by atoms with Gasteiger partial charge in [-0.05, 0) is 24.3 Å². The van der Waals surface area contributed by atoms with Crippen LogP contribution < -0.4 is 10.6 Å². The van der Waals surface area contributed by atoms with Crippen LogP contribution in [0, 0.1) is 11.6 Å². The number of amides is 2. The first-order valence-electron chi connectivity index (χ1n) is 6.67. The van der Waals surface area contributed by atoms with E-state index in [0.717, 1.165) is 25.3 Å². The predicted molar refractivity (Wildman–Crippen MR) is 81.4 cm³/mol. The molecule has 2 N–H and O–H groups in total. The van der Waals surface area contributed by atoms with Crippen molar-refractivity contribution >= 4 is 29.2 Å². The molecule has 2 aromatic rings. The van der Waals surface area contributed by atoms with E-state index in [0.29, 0.717) is 0 Å². The molecule has 24 heavy (non-hydrogen) atoms. The van der Waals surface area contributed by atoms with Gasteiger partial charge >= 0.3 is 17.8 Å². The summed E-state index contributed by atoms with van der Waals surface area (Å²) in [5, 5.41) is 4.03. The number of benzene rings is 2. The Morgan fingerprint density at radius 2 is 1.46 bits per heavy atom. The lowest BCUT2D eigenvalue weighted by molar-refractivity contribution is -0.133. The van der Waals surface area contributed by atoms with Crippen LogP contribution in [0.4, 0.5) is 20.2 Å². The fraction of sp³-hybridized carbons (Fsp3) is 0.0625. The third-order valence-electron chi connectivity index (χ3n) is 2.99. The van der Waals surface area contributed by atoms with Gasteiger partial charge in [0, 0.05) is 0 Å². The van der Waals surface area contributed by atoms with Crippen molar-refractivity contribution in [1.82, 2.24) is 0 Å². The molecule has 0 radical (unpaired) electrons. The fourth-order valence-electron chi connectivity index (χ4n) is 1.85. The number of carbonyl (C=O) groups excluding carboxylic acids is 3. The van der Waals surface area contributed by atoms with E-state index in [-0.39, 0.29) is 11.3 Å². The number of hydrogen-bond donors (Lipinski definition) is 2. The third-order valence-corrected chi connectivity index (χ3v) is 2.99. The minimum absolute atomic E-state index is 0.0261. The molecule has 0 aromatic heterocycles. The summed E-state index contributed by atoms with van der Waals surface area (Å²) in [4.78, 5) is 35.3. The molecule has 0 atom stereocenters. The molecular formula is C16H12F2N2O4. The Morgan fingerprint density at radius 1 is 0.875 bits per heavy atom. The van der Waals surface area contributed by atoms with E-state index < -0.39 is 35.1 Å². The molecule has 0 unspecified atom stereocenters. The molecule has 0 fully saturated rings. The molecule has 2 rings (SSSR count). The largest absolute Gasteiger partial charge is 0.465 e. The van der Waals surface area contributed by atoms with Gasteiger partial charge in [-0.3, -0.25) is 9.59 Å². The second-order valence-corrected chi connectivity index (χ2v) is 4.54. The van der Waals surface area contributed by atoms with Crippen molar-refractivity contribution in [1.29, 1.82) is 0 Å². The molecule has 6 nitrogen and oxygen atoms in total. The van der Waals surface area contributed by atoms with Crippen LogP contribution in [-0.4, -0.2) is 24.9 Å². The van der Waals surface area contributed by atoms with Crippen LogP contribution in [0.15, 0.2) is 42.5 Å². The van der Waals surface area contributed by atoms with Crippen molar-refractivity contribution in [2.45, 2.75) is 0 Å². The maximum Gasteiger partial charge on any atom is 0.339 e. The third kappa shape index (κ3) is 3.72. The lowest BCUT2D eigenvalue weighted by Gasteiger charge is -2.10. The first-order chi connectivity index (χ1) is 11.4. The van der Waals surface area contributed by atoms with Gasteiger partial charge in [-0.2, -0.15) is 0 Å². The molecule has 0 spiro atoms. The van der Waals surface area contributed by atoms with Crippen molar-refractivity contribution in [3.8, 4) is 0 Å². The number of hydrogen-bond acceptors (Lipinski definition) is 4. The summed E-state index contributed by atoms with van der Waals surface area (Å²) in [5.74, 6) is -5.25. The molecule has 124 valence electrons. The number of ether oxygens (including phenoxy) is 1. The van der Waals surface area contributed by atoms with Gasteiger partial charge in [0.25, 0.3) is 0 Å². The van der Waals surface area contributed by atoms with Gasteiger partial charge in [0.1, 0.15) is 17.3 Å². The Labute approximate surface area is 135 Å². The average molecular weight is 334 g/mol. The van der Waals surface area contributed by atoms with Crippen LogP contribution >= 0.6 is 0 Å². The lowest BCUT2D eigenvalue weighted by Crippen LogP contribution is -2.30. The molecule has 0 aliphatic heterocycles. The van der Waals surface area contributed by atoms with Crippen LogP contribution in [0.5, 0.6) is 0 Å². The number of anilines is 2. The Kier molecular flexibility index (Phi) is 5.20. The molecule has 0 bridgehead atoms. The minimum Gasteiger partial charge on any atom is -0.465 e. The van der Waals surface area contributed by atoms with E-state index in [9.17, 15) is 23.2 Å². The second kappa shape index (κ2) is 7.32. The molecule has 0 heterocycles. The summed E-state index contributed by atoms with van der Waals surface area (Å²) in [6.45, 7) is 0. The van der Waals surface area contributed by atoms with E-state index in [2.05, 4.69) is 10.1 Å². The Hall–Kier alpha value is -3.29. The van der Waals surface area contributed by atoms with E-state index in [1.807, 2.05) is 5.32 Å². The monoisotopic (exact) mass is 334 g/mol. The molecule has 8 heteroatoms. The van der Waals surface area contributed by atoms with E-state index in [1.165, 1.54) is 24.3 Å². The molecular weight excluding hydrogens is 322 g/mol. The summed E-state index contributed by atoms with van der Waals surface area (Å²) < 4.78 is 31.5. The number of para-hydroxylation sites is 2. The van der Waals surface area contributed by atoms with Crippen LogP contribution in [0.1, 0.15) is 10.4 Å². The van der Waals surface area contributed by atoms with Crippen molar-refractivity contribution < 1.29 is 27.9 Å². The zero-order valence-corrected chi connectivity index (χ0v) is 12.4. The summed E-state index contributed by atoms with van der Waals surface area (Å²) in [7, 11) is 1.16. The fourth-order valence-corrected chi connectivity index (χ4v) is 1.85. The Bertz CT molecular complexity index is 788. The Morgan fingerprint density at radius 3 is 2.08 bits per heavy atom. The summed E-state index contributed by atoms with van der Waals surface area (Å²) in [5.41, 5.74) is -0.685. The highest BCUT2D eigenvalue weighted by Crippen LogP contribution is 2.19. The second-order valence-electron chi connectivity index (χ2n) is 4.54. The van der Waals surface area contributed by atoms with Gasteiger partial charge in [-0.15, -0.1) is 0 Å².